The summed E-state index contributed by atoms with van der Waals surface area (Å²) < 4.78 is 0.534. The van der Waals surface area contributed by atoms with Gasteiger partial charge in [0, 0.05) is 23.6 Å². The first-order chi connectivity index (χ1) is 10.3. The molecule has 1 amide bonds. The zero-order valence-corrected chi connectivity index (χ0v) is 13.8. The Morgan fingerprint density at radius 3 is 2.95 bits per heavy atom. The van der Waals surface area contributed by atoms with Crippen LogP contribution < -0.4 is 10.6 Å². The van der Waals surface area contributed by atoms with Gasteiger partial charge < -0.3 is 10.6 Å². The van der Waals surface area contributed by atoms with Crippen LogP contribution >= 0.6 is 23.5 Å². The fourth-order valence-corrected chi connectivity index (χ4v) is 5.67. The van der Waals surface area contributed by atoms with E-state index in [0.29, 0.717) is 16.9 Å². The fraction of sp³-hybridized carbons (Fsp3) is 0.562. The van der Waals surface area contributed by atoms with Crippen LogP contribution in [0.15, 0.2) is 24.3 Å². The summed E-state index contributed by atoms with van der Waals surface area (Å²) in [4.78, 5) is 12.1. The van der Waals surface area contributed by atoms with Gasteiger partial charge in [-0.2, -0.15) is 0 Å². The number of hydrogen-bond acceptors (Lipinski definition) is 4. The van der Waals surface area contributed by atoms with Crippen LogP contribution in [0.25, 0.3) is 0 Å². The highest BCUT2D eigenvalue weighted by molar-refractivity contribution is 8.19. The molecule has 2 aliphatic heterocycles. The lowest BCUT2D eigenvalue weighted by Gasteiger charge is -2.12. The average molecular weight is 322 g/mol. The first kappa shape index (κ1) is 15.3. The van der Waals surface area contributed by atoms with Crippen LogP contribution in [-0.4, -0.2) is 30.5 Å². The molecule has 0 radical (unpaired) electrons. The molecule has 5 heteroatoms. The van der Waals surface area contributed by atoms with Gasteiger partial charge in [0.05, 0.1) is 4.58 Å². The van der Waals surface area contributed by atoms with Gasteiger partial charge in [0.15, 0.2) is 0 Å². The van der Waals surface area contributed by atoms with Crippen LogP contribution in [0.2, 0.25) is 0 Å². The Bertz CT molecular complexity index is 483. The minimum absolute atomic E-state index is 0.144. The molecule has 1 aromatic carbocycles. The van der Waals surface area contributed by atoms with E-state index in [-0.39, 0.29) is 5.91 Å². The van der Waals surface area contributed by atoms with E-state index in [4.69, 9.17) is 0 Å². The molecule has 1 unspecified atom stereocenters. The maximum absolute atomic E-state index is 12.1. The van der Waals surface area contributed by atoms with Crippen molar-refractivity contribution in [3.8, 4) is 0 Å². The van der Waals surface area contributed by atoms with Crippen LogP contribution in [0.3, 0.4) is 0 Å². The van der Waals surface area contributed by atoms with Crippen molar-refractivity contribution in [2.45, 2.75) is 23.8 Å². The highest BCUT2D eigenvalue weighted by atomic mass is 32.2. The van der Waals surface area contributed by atoms with Gasteiger partial charge >= 0.3 is 0 Å². The van der Waals surface area contributed by atoms with Crippen LogP contribution in [0.1, 0.15) is 29.4 Å². The van der Waals surface area contributed by atoms with Gasteiger partial charge in [-0.15, -0.1) is 23.5 Å². The lowest BCUT2D eigenvalue weighted by Crippen LogP contribution is -2.15. The monoisotopic (exact) mass is 322 g/mol. The van der Waals surface area contributed by atoms with Gasteiger partial charge in [0.2, 0.25) is 5.91 Å². The Morgan fingerprint density at radius 1 is 1.33 bits per heavy atom. The summed E-state index contributed by atoms with van der Waals surface area (Å²) in [6, 6.07) is 8.33. The number of thioether (sulfide) groups is 2. The van der Waals surface area contributed by atoms with Crippen LogP contribution in [-0.2, 0) is 4.79 Å². The van der Waals surface area contributed by atoms with E-state index >= 15 is 0 Å². The molecule has 21 heavy (non-hydrogen) atoms. The topological polar surface area (TPSA) is 41.1 Å². The maximum atomic E-state index is 12.1. The largest absolute Gasteiger partial charge is 0.326 e. The second kappa shape index (κ2) is 7.56. The Balaban J connectivity index is 1.51. The summed E-state index contributed by atoms with van der Waals surface area (Å²) in [5.41, 5.74) is 2.26. The number of benzene rings is 1. The molecule has 0 spiro atoms. The normalized spacial score (nSPS) is 22.6. The van der Waals surface area contributed by atoms with Crippen molar-refractivity contribution in [1.82, 2.24) is 5.32 Å². The number of amides is 1. The van der Waals surface area contributed by atoms with Crippen LogP contribution in [0.5, 0.6) is 0 Å². The second-order valence-corrected chi connectivity index (χ2v) is 8.37. The highest BCUT2D eigenvalue weighted by Crippen LogP contribution is 2.45. The number of hydrogen-bond donors (Lipinski definition) is 2. The van der Waals surface area contributed by atoms with Crippen molar-refractivity contribution in [3.05, 3.63) is 29.8 Å². The first-order valence-corrected chi connectivity index (χ1v) is 9.75. The quantitative estimate of drug-likeness (QED) is 0.870. The highest BCUT2D eigenvalue weighted by Gasteiger charge is 2.19. The van der Waals surface area contributed by atoms with Gasteiger partial charge in [0.1, 0.15) is 0 Å². The van der Waals surface area contributed by atoms with Gasteiger partial charge in [-0.25, -0.2) is 0 Å². The number of anilines is 1. The lowest BCUT2D eigenvalue weighted by atomic mass is 10.0. The minimum Gasteiger partial charge on any atom is -0.326 e. The van der Waals surface area contributed by atoms with Crippen molar-refractivity contribution in [1.29, 1.82) is 0 Å². The molecule has 0 saturated carbocycles. The summed E-state index contributed by atoms with van der Waals surface area (Å²) >= 11 is 3.99. The molecule has 2 aliphatic rings. The molecule has 2 fully saturated rings. The van der Waals surface area contributed by atoms with Crippen molar-refractivity contribution < 1.29 is 4.79 Å². The third kappa shape index (κ3) is 4.41. The smallest absolute Gasteiger partial charge is 0.224 e. The second-order valence-electron chi connectivity index (χ2n) is 5.64. The molecule has 1 aromatic rings. The van der Waals surface area contributed by atoms with E-state index in [1.807, 2.05) is 35.7 Å². The predicted molar refractivity (Wildman–Crippen MR) is 92.9 cm³/mol. The average Bonchev–Trinajstić information content (AvgIpc) is 3.19. The lowest BCUT2D eigenvalue weighted by molar-refractivity contribution is -0.116. The Morgan fingerprint density at radius 2 is 2.19 bits per heavy atom. The minimum atomic E-state index is 0.144. The predicted octanol–water partition coefficient (Wildman–Crippen LogP) is 3.49. The zero-order chi connectivity index (χ0) is 14.5. The molecule has 2 heterocycles. The number of carbonyl (C=O) groups is 1. The summed E-state index contributed by atoms with van der Waals surface area (Å²) in [5, 5.41) is 6.40. The zero-order valence-electron chi connectivity index (χ0n) is 12.1. The van der Waals surface area contributed by atoms with Gasteiger partial charge in [-0.3, -0.25) is 4.79 Å². The van der Waals surface area contributed by atoms with Crippen molar-refractivity contribution in [2.24, 2.45) is 5.92 Å². The van der Waals surface area contributed by atoms with Crippen LogP contribution in [0.4, 0.5) is 5.69 Å². The van der Waals surface area contributed by atoms with Crippen LogP contribution in [0, 0.1) is 5.92 Å². The number of nitrogens with one attached hydrogen (secondary N) is 2. The summed E-state index contributed by atoms with van der Waals surface area (Å²) in [6.45, 7) is 2.17. The van der Waals surface area contributed by atoms with E-state index in [1.54, 1.807) is 0 Å². The Kier molecular flexibility index (Phi) is 5.49. The van der Waals surface area contributed by atoms with Gasteiger partial charge in [0.25, 0.3) is 0 Å². The molecule has 3 rings (SSSR count). The SMILES string of the molecule is O=C(CCC1CCNC1)Nc1cccc(C2SCCS2)c1. The Labute approximate surface area is 135 Å². The van der Waals surface area contributed by atoms with E-state index in [9.17, 15) is 4.79 Å². The fourth-order valence-electron chi connectivity index (χ4n) is 2.83. The van der Waals surface area contributed by atoms with E-state index in [1.165, 1.54) is 23.5 Å². The molecule has 0 bridgehead atoms. The van der Waals surface area contributed by atoms with Gasteiger partial charge in [-0.1, -0.05) is 12.1 Å². The third-order valence-corrected chi connectivity index (χ3v) is 7.11. The van der Waals surface area contributed by atoms with E-state index < -0.39 is 0 Å². The molecule has 0 aliphatic carbocycles. The van der Waals surface area contributed by atoms with E-state index in [0.717, 1.165) is 25.2 Å². The van der Waals surface area contributed by atoms with E-state index in [2.05, 4.69) is 22.8 Å². The third-order valence-electron chi connectivity index (χ3n) is 4.01. The molecular weight excluding hydrogens is 300 g/mol. The Hall–Kier alpha value is -0.650. The molecule has 3 nitrogen and oxygen atoms in total. The molecule has 0 aromatic heterocycles. The molecule has 2 saturated heterocycles. The number of carbonyl (C=O) groups excluding carboxylic acids is 1. The van der Waals surface area contributed by atoms with Crippen molar-refractivity contribution in [2.75, 3.05) is 29.9 Å². The standard InChI is InChI=1S/C16H22N2OS2/c19-15(5-4-12-6-7-17-11-12)18-14-3-1-2-13(10-14)16-20-8-9-21-16/h1-3,10,12,16-17H,4-9,11H2,(H,18,19). The summed E-state index contributed by atoms with van der Waals surface area (Å²) in [7, 11) is 0. The first-order valence-electron chi connectivity index (χ1n) is 7.65. The number of rotatable bonds is 5. The molecular formula is C16H22N2OS2. The van der Waals surface area contributed by atoms with Gasteiger partial charge in [-0.05, 0) is 49.5 Å². The molecule has 1 atom stereocenters. The molecule has 114 valence electrons. The maximum Gasteiger partial charge on any atom is 0.224 e. The van der Waals surface area contributed by atoms with Crippen molar-refractivity contribution >= 4 is 35.1 Å². The summed E-state index contributed by atoms with van der Waals surface area (Å²) in [5.74, 6) is 3.27. The molecule has 2 N–H and O–H groups in total. The summed E-state index contributed by atoms with van der Waals surface area (Å²) in [6.07, 6.45) is 2.83. The van der Waals surface area contributed by atoms with Crippen molar-refractivity contribution in [3.63, 3.8) is 0 Å².